The van der Waals surface area contributed by atoms with Crippen LogP contribution in [0, 0.1) is 17.8 Å². The normalized spacial score (nSPS) is 34.2. The molecule has 1 saturated heterocycles. The molecule has 0 amide bonds. The number of rotatable bonds is 2. The predicted molar refractivity (Wildman–Crippen MR) is 74.1 cm³/mol. The molecule has 3 aliphatic rings. The summed E-state index contributed by atoms with van der Waals surface area (Å²) in [4.78, 5) is 11.6. The number of methoxy groups -OCH3 is 1. The molecule has 1 aliphatic heterocycles. The summed E-state index contributed by atoms with van der Waals surface area (Å²) in [5.41, 5.74) is 0. The van der Waals surface area contributed by atoms with Crippen LogP contribution in [0.1, 0.15) is 51.4 Å². The zero-order valence-electron chi connectivity index (χ0n) is 12.4. The summed E-state index contributed by atoms with van der Waals surface area (Å²) in [5.74, 6) is 1.48. The van der Waals surface area contributed by atoms with Crippen LogP contribution in [0.5, 0.6) is 0 Å². The summed E-state index contributed by atoms with van der Waals surface area (Å²) < 4.78 is 16.5. The van der Waals surface area contributed by atoms with Gasteiger partial charge in [0.15, 0.2) is 5.79 Å². The van der Waals surface area contributed by atoms with E-state index in [4.69, 9.17) is 14.2 Å². The molecule has 4 nitrogen and oxygen atoms in total. The van der Waals surface area contributed by atoms with E-state index in [1.807, 2.05) is 0 Å². The van der Waals surface area contributed by atoms with Crippen LogP contribution in [0.25, 0.3) is 0 Å². The number of hydrogen-bond donors (Lipinski definition) is 0. The van der Waals surface area contributed by atoms with Crippen LogP contribution < -0.4 is 0 Å². The number of esters is 1. The van der Waals surface area contributed by atoms with E-state index in [-0.39, 0.29) is 17.7 Å². The molecule has 2 aliphatic carbocycles. The average molecular weight is 282 g/mol. The molecular formula is C16H26O4. The van der Waals surface area contributed by atoms with Crippen molar-refractivity contribution in [3.8, 4) is 0 Å². The maximum absolute atomic E-state index is 11.6. The number of hydrogen-bond acceptors (Lipinski definition) is 4. The van der Waals surface area contributed by atoms with E-state index in [0.717, 1.165) is 50.7 Å². The summed E-state index contributed by atoms with van der Waals surface area (Å²) in [6, 6.07) is 0. The molecule has 3 fully saturated rings. The molecule has 2 saturated carbocycles. The molecule has 0 aromatic rings. The number of ether oxygens (including phenoxy) is 3. The standard InChI is InChI=1S/C16H26O4/c1-18-15(17)14-4-2-12(3-5-14)13-6-8-16(9-7-13)19-10-11-20-16/h12-14H,2-11H2,1H3. The van der Waals surface area contributed by atoms with Gasteiger partial charge < -0.3 is 14.2 Å². The van der Waals surface area contributed by atoms with Gasteiger partial charge in [0.2, 0.25) is 0 Å². The maximum atomic E-state index is 11.6. The summed E-state index contributed by atoms with van der Waals surface area (Å²) in [6.45, 7) is 1.52. The monoisotopic (exact) mass is 282 g/mol. The first-order chi connectivity index (χ1) is 9.72. The van der Waals surface area contributed by atoms with Gasteiger partial charge in [-0.15, -0.1) is 0 Å². The van der Waals surface area contributed by atoms with Crippen LogP contribution in [-0.2, 0) is 19.0 Å². The summed E-state index contributed by atoms with van der Waals surface area (Å²) in [7, 11) is 1.50. The van der Waals surface area contributed by atoms with E-state index in [1.54, 1.807) is 0 Å². The van der Waals surface area contributed by atoms with Crippen molar-refractivity contribution in [1.82, 2.24) is 0 Å². The quantitative estimate of drug-likeness (QED) is 0.731. The zero-order chi connectivity index (χ0) is 14.0. The van der Waals surface area contributed by atoms with Crippen LogP contribution in [0.2, 0.25) is 0 Å². The highest BCUT2D eigenvalue weighted by atomic mass is 16.7. The highest BCUT2D eigenvalue weighted by Crippen LogP contribution is 2.45. The predicted octanol–water partition coefficient (Wildman–Crippen LogP) is 2.90. The van der Waals surface area contributed by atoms with Crippen LogP contribution in [0.4, 0.5) is 0 Å². The molecule has 1 heterocycles. The van der Waals surface area contributed by atoms with Gasteiger partial charge in [0.25, 0.3) is 0 Å². The fourth-order valence-corrected chi connectivity index (χ4v) is 4.33. The lowest BCUT2D eigenvalue weighted by Crippen LogP contribution is -2.37. The second-order valence-corrected chi connectivity index (χ2v) is 6.58. The molecule has 0 bridgehead atoms. The first kappa shape index (κ1) is 14.3. The van der Waals surface area contributed by atoms with Crippen LogP contribution in [0.15, 0.2) is 0 Å². The Morgan fingerprint density at radius 1 is 0.950 bits per heavy atom. The Kier molecular flexibility index (Phi) is 4.32. The molecule has 0 radical (unpaired) electrons. The Bertz CT molecular complexity index is 330. The van der Waals surface area contributed by atoms with Gasteiger partial charge >= 0.3 is 5.97 Å². The van der Waals surface area contributed by atoms with Crippen molar-refractivity contribution >= 4 is 5.97 Å². The second-order valence-electron chi connectivity index (χ2n) is 6.58. The fourth-order valence-electron chi connectivity index (χ4n) is 4.33. The minimum atomic E-state index is -0.236. The molecule has 0 atom stereocenters. The van der Waals surface area contributed by atoms with Crippen molar-refractivity contribution in [1.29, 1.82) is 0 Å². The van der Waals surface area contributed by atoms with Gasteiger partial charge in [-0.2, -0.15) is 0 Å². The van der Waals surface area contributed by atoms with E-state index < -0.39 is 0 Å². The topological polar surface area (TPSA) is 44.8 Å². The molecule has 4 heteroatoms. The van der Waals surface area contributed by atoms with Crippen molar-refractivity contribution in [2.75, 3.05) is 20.3 Å². The van der Waals surface area contributed by atoms with E-state index in [2.05, 4.69) is 0 Å². The molecule has 3 rings (SSSR count). The van der Waals surface area contributed by atoms with Gasteiger partial charge in [-0.25, -0.2) is 0 Å². The largest absolute Gasteiger partial charge is 0.469 e. The van der Waals surface area contributed by atoms with Gasteiger partial charge in [-0.3, -0.25) is 4.79 Å². The van der Waals surface area contributed by atoms with Gasteiger partial charge in [0.1, 0.15) is 0 Å². The molecule has 0 aromatic heterocycles. The first-order valence-electron chi connectivity index (χ1n) is 8.08. The van der Waals surface area contributed by atoms with Crippen LogP contribution in [-0.4, -0.2) is 32.1 Å². The minimum Gasteiger partial charge on any atom is -0.469 e. The molecule has 114 valence electrons. The van der Waals surface area contributed by atoms with Crippen molar-refractivity contribution in [3.63, 3.8) is 0 Å². The molecule has 0 N–H and O–H groups in total. The van der Waals surface area contributed by atoms with E-state index >= 15 is 0 Å². The van der Waals surface area contributed by atoms with E-state index in [9.17, 15) is 4.79 Å². The number of carbonyl (C=O) groups excluding carboxylic acids is 1. The molecule has 1 spiro atoms. The van der Waals surface area contributed by atoms with E-state index in [0.29, 0.717) is 0 Å². The Morgan fingerprint density at radius 2 is 1.50 bits per heavy atom. The molecule has 0 aromatic carbocycles. The highest BCUT2D eigenvalue weighted by molar-refractivity contribution is 5.72. The Balaban J connectivity index is 1.46. The number of carbonyl (C=O) groups is 1. The molecular weight excluding hydrogens is 256 g/mol. The van der Waals surface area contributed by atoms with Gasteiger partial charge in [-0.05, 0) is 50.4 Å². The van der Waals surface area contributed by atoms with Crippen LogP contribution >= 0.6 is 0 Å². The lowest BCUT2D eigenvalue weighted by atomic mass is 9.70. The van der Waals surface area contributed by atoms with Gasteiger partial charge in [-0.1, -0.05) is 0 Å². The van der Waals surface area contributed by atoms with E-state index in [1.165, 1.54) is 32.8 Å². The lowest BCUT2D eigenvalue weighted by molar-refractivity contribution is -0.185. The second kappa shape index (κ2) is 6.02. The lowest BCUT2D eigenvalue weighted by Gasteiger charge is -2.40. The smallest absolute Gasteiger partial charge is 0.308 e. The zero-order valence-corrected chi connectivity index (χ0v) is 12.4. The fraction of sp³-hybridized carbons (Fsp3) is 0.938. The average Bonchev–Trinajstić information content (AvgIpc) is 2.96. The summed E-state index contributed by atoms with van der Waals surface area (Å²) >= 11 is 0. The third-order valence-corrected chi connectivity index (χ3v) is 5.58. The third-order valence-electron chi connectivity index (χ3n) is 5.58. The SMILES string of the molecule is COC(=O)C1CCC(C2CCC3(CC2)OCCO3)CC1. The Labute approximate surface area is 121 Å². The van der Waals surface area contributed by atoms with Gasteiger partial charge in [0, 0.05) is 12.8 Å². The Morgan fingerprint density at radius 3 is 2.05 bits per heavy atom. The van der Waals surface area contributed by atoms with Gasteiger partial charge in [0.05, 0.1) is 26.2 Å². The first-order valence-corrected chi connectivity index (χ1v) is 8.08. The third kappa shape index (κ3) is 2.86. The van der Waals surface area contributed by atoms with Crippen molar-refractivity contribution in [2.24, 2.45) is 17.8 Å². The highest BCUT2D eigenvalue weighted by Gasteiger charge is 2.42. The van der Waals surface area contributed by atoms with Crippen molar-refractivity contribution in [3.05, 3.63) is 0 Å². The van der Waals surface area contributed by atoms with Crippen LogP contribution in [0.3, 0.4) is 0 Å². The van der Waals surface area contributed by atoms with Crippen molar-refractivity contribution in [2.45, 2.75) is 57.2 Å². The maximum Gasteiger partial charge on any atom is 0.308 e. The van der Waals surface area contributed by atoms with Crippen molar-refractivity contribution < 1.29 is 19.0 Å². The summed E-state index contributed by atoms with van der Waals surface area (Å²) in [5, 5.41) is 0. The summed E-state index contributed by atoms with van der Waals surface area (Å²) in [6.07, 6.45) is 8.90. The molecule has 0 unspecified atom stereocenters. The Hall–Kier alpha value is -0.610. The minimum absolute atomic E-state index is 0.0150. The molecule has 20 heavy (non-hydrogen) atoms.